The predicted octanol–water partition coefficient (Wildman–Crippen LogP) is 1.98. The second-order valence-corrected chi connectivity index (χ2v) is 4.09. The average molecular weight is 257 g/mol. The van der Waals surface area contributed by atoms with Gasteiger partial charge in [0.15, 0.2) is 0 Å². The minimum absolute atomic E-state index is 0. The summed E-state index contributed by atoms with van der Waals surface area (Å²) in [5.41, 5.74) is 2.42. The molecule has 0 unspecified atom stereocenters. The molecule has 1 aromatic carbocycles. The fourth-order valence-corrected chi connectivity index (χ4v) is 1.48. The van der Waals surface area contributed by atoms with E-state index in [-0.39, 0.29) is 18.3 Å². The molecule has 0 bridgehead atoms. The van der Waals surface area contributed by atoms with Gasteiger partial charge in [0.1, 0.15) is 0 Å². The second kappa shape index (κ2) is 8.09. The van der Waals surface area contributed by atoms with Crippen LogP contribution in [0.1, 0.15) is 17.5 Å². The molecule has 1 rings (SSSR count). The van der Waals surface area contributed by atoms with Gasteiger partial charge < -0.3 is 10.2 Å². The van der Waals surface area contributed by atoms with Crippen molar-refractivity contribution in [3.05, 3.63) is 35.4 Å². The van der Waals surface area contributed by atoms with Crippen molar-refractivity contribution in [1.29, 1.82) is 0 Å². The molecule has 0 saturated carbocycles. The number of rotatable bonds is 5. The van der Waals surface area contributed by atoms with Crippen molar-refractivity contribution < 1.29 is 4.79 Å². The van der Waals surface area contributed by atoms with E-state index in [0.717, 1.165) is 6.54 Å². The largest absolute Gasteiger partial charge is 0.341 e. The van der Waals surface area contributed by atoms with Crippen LogP contribution in [0.3, 0.4) is 0 Å². The summed E-state index contributed by atoms with van der Waals surface area (Å²) in [5, 5.41) is 2.98. The summed E-state index contributed by atoms with van der Waals surface area (Å²) >= 11 is 0. The number of aryl methyl sites for hydroxylation is 1. The third kappa shape index (κ3) is 5.71. The van der Waals surface area contributed by atoms with Crippen LogP contribution in [0.15, 0.2) is 24.3 Å². The van der Waals surface area contributed by atoms with Crippen LogP contribution in [-0.2, 0) is 11.3 Å². The van der Waals surface area contributed by atoms with Crippen molar-refractivity contribution in [3.8, 4) is 0 Å². The second-order valence-electron chi connectivity index (χ2n) is 4.09. The molecule has 17 heavy (non-hydrogen) atoms. The van der Waals surface area contributed by atoms with Crippen LogP contribution in [0.2, 0.25) is 0 Å². The molecule has 1 aromatic rings. The number of carbonyl (C=O) groups is 1. The zero-order chi connectivity index (χ0) is 12.0. The lowest BCUT2D eigenvalue weighted by molar-refractivity contribution is -0.130. The number of hydrogen-bond donors (Lipinski definition) is 1. The van der Waals surface area contributed by atoms with Gasteiger partial charge in [0.05, 0.1) is 0 Å². The van der Waals surface area contributed by atoms with Gasteiger partial charge in [-0.3, -0.25) is 4.79 Å². The highest BCUT2D eigenvalue weighted by atomic mass is 35.5. The molecule has 0 aliphatic carbocycles. The number of hydrogen-bond acceptors (Lipinski definition) is 2. The van der Waals surface area contributed by atoms with Gasteiger partial charge in [0.2, 0.25) is 5.91 Å². The smallest absolute Gasteiger partial charge is 0.223 e. The first-order valence-corrected chi connectivity index (χ1v) is 5.57. The lowest BCUT2D eigenvalue weighted by atomic mass is 10.1. The number of nitrogens with zero attached hydrogens (tertiary/aromatic N) is 1. The van der Waals surface area contributed by atoms with Crippen LogP contribution >= 0.6 is 12.4 Å². The quantitative estimate of drug-likeness (QED) is 0.874. The lowest BCUT2D eigenvalue weighted by Gasteiger charge is -2.17. The van der Waals surface area contributed by atoms with E-state index in [9.17, 15) is 4.79 Å². The first kappa shape index (κ1) is 15.9. The minimum atomic E-state index is 0. The lowest BCUT2D eigenvalue weighted by Crippen LogP contribution is -2.28. The van der Waals surface area contributed by atoms with E-state index in [1.165, 1.54) is 11.1 Å². The molecule has 0 radical (unpaired) electrons. The van der Waals surface area contributed by atoms with E-state index >= 15 is 0 Å². The van der Waals surface area contributed by atoms with E-state index in [2.05, 4.69) is 36.5 Å². The molecule has 1 amide bonds. The van der Waals surface area contributed by atoms with Crippen LogP contribution < -0.4 is 5.32 Å². The van der Waals surface area contributed by atoms with Crippen molar-refractivity contribution in [1.82, 2.24) is 10.2 Å². The topological polar surface area (TPSA) is 32.3 Å². The van der Waals surface area contributed by atoms with Gasteiger partial charge >= 0.3 is 0 Å². The van der Waals surface area contributed by atoms with Gasteiger partial charge in [-0.1, -0.05) is 29.8 Å². The molecular weight excluding hydrogens is 236 g/mol. The van der Waals surface area contributed by atoms with Gasteiger partial charge in [0, 0.05) is 26.6 Å². The monoisotopic (exact) mass is 256 g/mol. The number of benzene rings is 1. The third-order valence-electron chi connectivity index (χ3n) is 2.55. The Morgan fingerprint density at radius 2 is 1.88 bits per heavy atom. The number of amides is 1. The zero-order valence-corrected chi connectivity index (χ0v) is 11.5. The maximum Gasteiger partial charge on any atom is 0.223 e. The third-order valence-corrected chi connectivity index (χ3v) is 2.55. The first-order valence-electron chi connectivity index (χ1n) is 5.57. The Morgan fingerprint density at radius 3 is 2.41 bits per heavy atom. The highest BCUT2D eigenvalue weighted by Crippen LogP contribution is 2.06. The maximum atomic E-state index is 11.7. The molecule has 3 nitrogen and oxygen atoms in total. The summed E-state index contributed by atoms with van der Waals surface area (Å²) in [6.07, 6.45) is 0.554. The van der Waals surface area contributed by atoms with Crippen molar-refractivity contribution >= 4 is 18.3 Å². The summed E-state index contributed by atoms with van der Waals surface area (Å²) in [5.74, 6) is 0.176. The van der Waals surface area contributed by atoms with Gasteiger partial charge in [-0.05, 0) is 19.5 Å². The fourth-order valence-electron chi connectivity index (χ4n) is 1.48. The summed E-state index contributed by atoms with van der Waals surface area (Å²) < 4.78 is 0. The van der Waals surface area contributed by atoms with Crippen molar-refractivity contribution in [2.75, 3.05) is 20.6 Å². The Morgan fingerprint density at radius 1 is 1.29 bits per heavy atom. The van der Waals surface area contributed by atoms with Gasteiger partial charge in [-0.15, -0.1) is 12.4 Å². The van der Waals surface area contributed by atoms with Crippen LogP contribution in [0, 0.1) is 6.92 Å². The van der Waals surface area contributed by atoms with E-state index in [4.69, 9.17) is 0 Å². The Balaban J connectivity index is 0.00000256. The molecule has 0 aliphatic rings. The Labute approximate surface area is 110 Å². The van der Waals surface area contributed by atoms with Gasteiger partial charge in [-0.25, -0.2) is 0 Å². The first-order chi connectivity index (χ1) is 7.63. The highest BCUT2D eigenvalue weighted by Gasteiger charge is 2.07. The Kier molecular flexibility index (Phi) is 7.59. The summed E-state index contributed by atoms with van der Waals surface area (Å²) in [4.78, 5) is 13.4. The number of halogens is 1. The Bertz CT molecular complexity index is 338. The van der Waals surface area contributed by atoms with Crippen molar-refractivity contribution in [2.24, 2.45) is 0 Å². The van der Waals surface area contributed by atoms with Crippen LogP contribution in [-0.4, -0.2) is 31.4 Å². The molecule has 0 atom stereocenters. The molecular formula is C13H21ClN2O. The molecule has 0 aliphatic heterocycles. The summed E-state index contributed by atoms with van der Waals surface area (Å²) in [6.45, 7) is 3.48. The summed E-state index contributed by atoms with van der Waals surface area (Å²) in [6, 6.07) is 8.27. The molecule has 0 spiro atoms. The average Bonchev–Trinajstić information content (AvgIpc) is 2.29. The number of nitrogens with one attached hydrogen (secondary N) is 1. The molecule has 0 saturated heterocycles. The Hall–Kier alpha value is -1.06. The number of carbonyl (C=O) groups excluding carboxylic acids is 1. The van der Waals surface area contributed by atoms with Crippen LogP contribution in [0.5, 0.6) is 0 Å². The molecule has 96 valence electrons. The molecule has 0 heterocycles. The van der Waals surface area contributed by atoms with E-state index < -0.39 is 0 Å². The fraction of sp³-hybridized carbons (Fsp3) is 0.462. The van der Waals surface area contributed by atoms with E-state index in [0.29, 0.717) is 13.0 Å². The molecule has 1 N–H and O–H groups in total. The van der Waals surface area contributed by atoms with Crippen LogP contribution in [0.4, 0.5) is 0 Å². The zero-order valence-electron chi connectivity index (χ0n) is 10.7. The van der Waals surface area contributed by atoms with E-state index in [1.54, 1.807) is 4.90 Å². The van der Waals surface area contributed by atoms with Gasteiger partial charge in [-0.2, -0.15) is 0 Å². The standard InChI is InChI=1S/C13H20N2O.ClH/c1-11-4-6-12(7-5-11)10-15(3)13(16)8-9-14-2;/h4-7,14H,8-10H2,1-3H3;1H. The molecule has 4 heteroatoms. The van der Waals surface area contributed by atoms with Crippen molar-refractivity contribution in [3.63, 3.8) is 0 Å². The maximum absolute atomic E-state index is 11.7. The summed E-state index contributed by atoms with van der Waals surface area (Å²) in [7, 11) is 3.70. The van der Waals surface area contributed by atoms with Gasteiger partial charge in [0.25, 0.3) is 0 Å². The SMILES string of the molecule is CNCCC(=O)N(C)Cc1ccc(C)cc1.Cl. The molecule has 0 aromatic heterocycles. The highest BCUT2D eigenvalue weighted by molar-refractivity contribution is 5.85. The van der Waals surface area contributed by atoms with Crippen LogP contribution in [0.25, 0.3) is 0 Å². The normalized spacial score (nSPS) is 9.59. The van der Waals surface area contributed by atoms with E-state index in [1.807, 2.05) is 14.1 Å². The minimum Gasteiger partial charge on any atom is -0.341 e. The molecule has 0 fully saturated rings. The predicted molar refractivity (Wildman–Crippen MR) is 73.4 cm³/mol. The van der Waals surface area contributed by atoms with Crippen molar-refractivity contribution in [2.45, 2.75) is 19.9 Å².